The van der Waals surface area contributed by atoms with Crippen molar-refractivity contribution in [1.82, 2.24) is 4.90 Å². The van der Waals surface area contributed by atoms with Gasteiger partial charge in [0.15, 0.2) is 0 Å². The van der Waals surface area contributed by atoms with Crippen molar-refractivity contribution < 1.29 is 9.53 Å². The Morgan fingerprint density at radius 2 is 1.93 bits per heavy atom. The molecule has 0 radical (unpaired) electrons. The van der Waals surface area contributed by atoms with E-state index in [1.54, 1.807) is 12.0 Å². The van der Waals surface area contributed by atoms with Gasteiger partial charge in [0.05, 0.1) is 0 Å². The summed E-state index contributed by atoms with van der Waals surface area (Å²) in [6.45, 7) is 9.35. The van der Waals surface area contributed by atoms with Crippen LogP contribution in [0.25, 0.3) is 0 Å². The van der Waals surface area contributed by atoms with E-state index in [9.17, 15) is 4.79 Å². The van der Waals surface area contributed by atoms with Gasteiger partial charge in [-0.25, -0.2) is 0 Å². The predicted molar refractivity (Wildman–Crippen MR) is 57.9 cm³/mol. The van der Waals surface area contributed by atoms with Gasteiger partial charge in [-0.1, -0.05) is 20.8 Å². The molecule has 0 aliphatic carbocycles. The van der Waals surface area contributed by atoms with Gasteiger partial charge in [-0.3, -0.25) is 4.79 Å². The summed E-state index contributed by atoms with van der Waals surface area (Å²) in [6, 6.07) is 0. The highest BCUT2D eigenvalue weighted by molar-refractivity contribution is 5.78. The van der Waals surface area contributed by atoms with Crippen LogP contribution in [0.3, 0.4) is 0 Å². The molecule has 0 rings (SSSR count). The highest BCUT2D eigenvalue weighted by Crippen LogP contribution is 2.13. The molecule has 84 valence electrons. The van der Waals surface area contributed by atoms with E-state index in [1.165, 1.54) is 0 Å². The molecule has 0 saturated heterocycles. The first-order valence-corrected chi connectivity index (χ1v) is 5.30. The van der Waals surface area contributed by atoms with Crippen LogP contribution in [-0.4, -0.2) is 31.2 Å². The number of nitrogens with zero attached hydrogens (tertiary/aromatic N) is 1. The van der Waals surface area contributed by atoms with Gasteiger partial charge in [0, 0.05) is 19.6 Å². The second-order valence-corrected chi connectivity index (χ2v) is 4.14. The summed E-state index contributed by atoms with van der Waals surface area (Å²) in [5.41, 5.74) is 0. The molecule has 3 nitrogen and oxygen atoms in total. The Bertz CT molecular complexity index is 169. The minimum absolute atomic E-state index is 0.102. The molecule has 0 aliphatic rings. The number of rotatable bonds is 6. The highest BCUT2D eigenvalue weighted by atomic mass is 16.5. The quantitative estimate of drug-likeness (QED) is 0.616. The SMILES string of the molecule is CCN(COC)C(=O)[C@@H](C)CC(C)C. The van der Waals surface area contributed by atoms with Gasteiger partial charge in [0.25, 0.3) is 0 Å². The molecular formula is C11H23NO2. The van der Waals surface area contributed by atoms with E-state index in [0.717, 1.165) is 13.0 Å². The first kappa shape index (κ1) is 13.4. The minimum atomic E-state index is 0.102. The molecule has 0 aliphatic heterocycles. The van der Waals surface area contributed by atoms with Crippen molar-refractivity contribution in [2.24, 2.45) is 11.8 Å². The Morgan fingerprint density at radius 3 is 2.29 bits per heavy atom. The number of ether oxygens (including phenoxy) is 1. The largest absolute Gasteiger partial charge is 0.364 e. The molecule has 1 amide bonds. The van der Waals surface area contributed by atoms with Gasteiger partial charge in [-0.2, -0.15) is 0 Å². The number of carbonyl (C=O) groups excluding carboxylic acids is 1. The maximum Gasteiger partial charge on any atom is 0.227 e. The standard InChI is InChI=1S/C11H23NO2/c1-6-12(8-14-5)11(13)10(4)7-9(2)3/h9-10H,6-8H2,1-5H3/t10-/m0/s1. The summed E-state index contributed by atoms with van der Waals surface area (Å²) in [5, 5.41) is 0. The molecule has 14 heavy (non-hydrogen) atoms. The van der Waals surface area contributed by atoms with E-state index in [-0.39, 0.29) is 11.8 Å². The second kappa shape index (κ2) is 6.82. The molecule has 0 fully saturated rings. The first-order chi connectivity index (χ1) is 6.52. The Balaban J connectivity index is 4.12. The zero-order valence-electron chi connectivity index (χ0n) is 10.0. The van der Waals surface area contributed by atoms with E-state index < -0.39 is 0 Å². The summed E-state index contributed by atoms with van der Waals surface area (Å²) in [4.78, 5) is 13.6. The Morgan fingerprint density at radius 1 is 1.36 bits per heavy atom. The predicted octanol–water partition coefficient (Wildman–Crippen LogP) is 2.12. The van der Waals surface area contributed by atoms with Gasteiger partial charge in [0.1, 0.15) is 6.73 Å². The molecule has 0 aromatic rings. The molecule has 0 aromatic carbocycles. The van der Waals surface area contributed by atoms with Crippen LogP contribution >= 0.6 is 0 Å². The molecule has 1 atom stereocenters. The van der Waals surface area contributed by atoms with Gasteiger partial charge >= 0.3 is 0 Å². The van der Waals surface area contributed by atoms with Gasteiger partial charge in [-0.15, -0.1) is 0 Å². The van der Waals surface area contributed by atoms with Crippen LogP contribution in [0, 0.1) is 11.8 Å². The molecule has 0 bridgehead atoms. The van der Waals surface area contributed by atoms with Crippen molar-refractivity contribution in [2.45, 2.75) is 34.1 Å². The van der Waals surface area contributed by atoms with Gasteiger partial charge < -0.3 is 9.64 Å². The Kier molecular flexibility index (Phi) is 6.54. The minimum Gasteiger partial charge on any atom is -0.364 e. The zero-order chi connectivity index (χ0) is 11.1. The van der Waals surface area contributed by atoms with Crippen LogP contribution in [0.15, 0.2) is 0 Å². The topological polar surface area (TPSA) is 29.5 Å². The van der Waals surface area contributed by atoms with Crippen molar-refractivity contribution in [3.8, 4) is 0 Å². The third-order valence-corrected chi connectivity index (χ3v) is 2.22. The van der Waals surface area contributed by atoms with Gasteiger partial charge in [0.2, 0.25) is 5.91 Å². The van der Waals surface area contributed by atoms with E-state index >= 15 is 0 Å². The van der Waals surface area contributed by atoms with Crippen LogP contribution in [0.5, 0.6) is 0 Å². The lowest BCUT2D eigenvalue weighted by atomic mass is 9.98. The number of methoxy groups -OCH3 is 1. The summed E-state index contributed by atoms with van der Waals surface area (Å²) in [7, 11) is 1.61. The fourth-order valence-corrected chi connectivity index (χ4v) is 1.59. The molecule has 0 N–H and O–H groups in total. The van der Waals surface area contributed by atoms with Crippen LogP contribution in [0.2, 0.25) is 0 Å². The summed E-state index contributed by atoms with van der Waals surface area (Å²) >= 11 is 0. The molecule has 0 aromatic heterocycles. The lowest BCUT2D eigenvalue weighted by Crippen LogP contribution is -2.36. The average Bonchev–Trinajstić information content (AvgIpc) is 2.12. The van der Waals surface area contributed by atoms with Crippen molar-refractivity contribution in [2.75, 3.05) is 20.4 Å². The highest BCUT2D eigenvalue weighted by Gasteiger charge is 2.19. The van der Waals surface area contributed by atoms with Crippen LogP contribution in [-0.2, 0) is 9.53 Å². The lowest BCUT2D eigenvalue weighted by molar-refractivity contribution is -0.139. The fraction of sp³-hybridized carbons (Fsp3) is 0.909. The van der Waals surface area contributed by atoms with E-state index in [4.69, 9.17) is 4.74 Å². The van der Waals surface area contributed by atoms with E-state index in [1.807, 2.05) is 13.8 Å². The number of carbonyl (C=O) groups is 1. The number of hydrogen-bond acceptors (Lipinski definition) is 2. The maximum atomic E-state index is 11.8. The lowest BCUT2D eigenvalue weighted by Gasteiger charge is -2.24. The molecule has 0 spiro atoms. The van der Waals surface area contributed by atoms with Gasteiger partial charge in [-0.05, 0) is 19.3 Å². The number of amides is 1. The van der Waals surface area contributed by atoms with Crippen LogP contribution in [0.1, 0.15) is 34.1 Å². The summed E-state index contributed by atoms with van der Waals surface area (Å²) in [5.74, 6) is 0.864. The van der Waals surface area contributed by atoms with Crippen molar-refractivity contribution >= 4 is 5.91 Å². The average molecular weight is 201 g/mol. The zero-order valence-corrected chi connectivity index (χ0v) is 10.0. The normalized spacial score (nSPS) is 13.0. The fourth-order valence-electron chi connectivity index (χ4n) is 1.59. The monoisotopic (exact) mass is 201 g/mol. The smallest absolute Gasteiger partial charge is 0.227 e. The first-order valence-electron chi connectivity index (χ1n) is 5.30. The van der Waals surface area contributed by atoms with E-state index in [0.29, 0.717) is 12.6 Å². The van der Waals surface area contributed by atoms with Crippen LogP contribution in [0.4, 0.5) is 0 Å². The number of hydrogen-bond donors (Lipinski definition) is 0. The molecule has 3 heteroatoms. The summed E-state index contributed by atoms with van der Waals surface area (Å²) < 4.78 is 4.98. The Hall–Kier alpha value is -0.570. The second-order valence-electron chi connectivity index (χ2n) is 4.14. The third-order valence-electron chi connectivity index (χ3n) is 2.22. The molecule has 0 unspecified atom stereocenters. The third kappa shape index (κ3) is 4.61. The molecular weight excluding hydrogens is 178 g/mol. The summed E-state index contributed by atoms with van der Waals surface area (Å²) in [6.07, 6.45) is 0.943. The molecule has 0 heterocycles. The van der Waals surface area contributed by atoms with Crippen molar-refractivity contribution in [1.29, 1.82) is 0 Å². The van der Waals surface area contributed by atoms with Crippen molar-refractivity contribution in [3.05, 3.63) is 0 Å². The van der Waals surface area contributed by atoms with Crippen LogP contribution < -0.4 is 0 Å². The van der Waals surface area contributed by atoms with Crippen molar-refractivity contribution in [3.63, 3.8) is 0 Å². The Labute approximate surface area is 87.4 Å². The molecule has 0 saturated carbocycles. The van der Waals surface area contributed by atoms with E-state index in [2.05, 4.69) is 13.8 Å². The maximum absolute atomic E-state index is 11.8.